The second-order valence-corrected chi connectivity index (χ2v) is 7.26. The summed E-state index contributed by atoms with van der Waals surface area (Å²) in [6.07, 6.45) is 1.18. The maximum atomic E-state index is 13.0. The minimum absolute atomic E-state index is 0.148. The van der Waals surface area contributed by atoms with Gasteiger partial charge in [0.15, 0.2) is 0 Å². The van der Waals surface area contributed by atoms with Gasteiger partial charge in [0.1, 0.15) is 6.04 Å². The van der Waals surface area contributed by atoms with Gasteiger partial charge in [-0.15, -0.1) is 0 Å². The topological polar surface area (TPSA) is 58.6 Å². The Hall–Kier alpha value is -2.37. The molecule has 0 fully saturated rings. The molecular weight excluding hydrogens is 388 g/mol. The SMILES string of the molecule is CCOCCCNC(=O)[C@H](Cc1ccccc1)N(Cc1ccc(Cl)cc1)C(C)=O. The molecule has 156 valence electrons. The van der Waals surface area contributed by atoms with Crippen molar-refractivity contribution in [2.75, 3.05) is 19.8 Å². The van der Waals surface area contributed by atoms with Crippen LogP contribution in [-0.4, -0.2) is 42.5 Å². The minimum Gasteiger partial charge on any atom is -0.382 e. The molecule has 0 radical (unpaired) electrons. The number of carbonyl (C=O) groups excluding carboxylic acids is 2. The van der Waals surface area contributed by atoms with Crippen molar-refractivity contribution in [3.63, 3.8) is 0 Å². The van der Waals surface area contributed by atoms with E-state index in [0.29, 0.717) is 37.7 Å². The summed E-state index contributed by atoms with van der Waals surface area (Å²) in [5.74, 6) is -0.306. The van der Waals surface area contributed by atoms with Crippen molar-refractivity contribution < 1.29 is 14.3 Å². The Morgan fingerprint density at radius 3 is 2.38 bits per heavy atom. The molecule has 1 atom stereocenters. The van der Waals surface area contributed by atoms with Gasteiger partial charge in [-0.3, -0.25) is 9.59 Å². The molecule has 6 heteroatoms. The number of benzene rings is 2. The third-order valence-corrected chi connectivity index (χ3v) is 4.84. The summed E-state index contributed by atoms with van der Waals surface area (Å²) in [5, 5.41) is 3.59. The molecule has 2 rings (SSSR count). The third kappa shape index (κ3) is 7.87. The van der Waals surface area contributed by atoms with Gasteiger partial charge in [-0.25, -0.2) is 0 Å². The van der Waals surface area contributed by atoms with Crippen LogP contribution in [0.3, 0.4) is 0 Å². The Bertz CT molecular complexity index is 765. The number of ether oxygens (including phenoxy) is 1. The molecule has 0 unspecified atom stereocenters. The van der Waals surface area contributed by atoms with Crippen molar-refractivity contribution in [2.45, 2.75) is 39.3 Å². The van der Waals surface area contributed by atoms with Gasteiger partial charge in [0.25, 0.3) is 0 Å². The van der Waals surface area contributed by atoms with Gasteiger partial charge in [0.05, 0.1) is 0 Å². The van der Waals surface area contributed by atoms with Crippen molar-refractivity contribution in [2.24, 2.45) is 0 Å². The van der Waals surface area contributed by atoms with Crippen molar-refractivity contribution >= 4 is 23.4 Å². The Labute approximate surface area is 178 Å². The number of hydrogen-bond donors (Lipinski definition) is 1. The van der Waals surface area contributed by atoms with Crippen LogP contribution in [-0.2, 0) is 27.3 Å². The van der Waals surface area contributed by atoms with Crippen LogP contribution in [0.5, 0.6) is 0 Å². The normalized spacial score (nSPS) is 11.7. The van der Waals surface area contributed by atoms with Gasteiger partial charge in [0.2, 0.25) is 11.8 Å². The molecule has 29 heavy (non-hydrogen) atoms. The number of amides is 2. The van der Waals surface area contributed by atoms with Crippen LogP contribution < -0.4 is 5.32 Å². The highest BCUT2D eigenvalue weighted by atomic mass is 35.5. The Morgan fingerprint density at radius 1 is 1.07 bits per heavy atom. The van der Waals surface area contributed by atoms with Crippen LogP contribution in [0.1, 0.15) is 31.4 Å². The van der Waals surface area contributed by atoms with E-state index in [0.717, 1.165) is 17.5 Å². The van der Waals surface area contributed by atoms with E-state index in [9.17, 15) is 9.59 Å². The fraction of sp³-hybridized carbons (Fsp3) is 0.391. The average Bonchev–Trinajstić information content (AvgIpc) is 2.72. The molecular formula is C23H29ClN2O3. The minimum atomic E-state index is -0.599. The first-order valence-electron chi connectivity index (χ1n) is 9.92. The summed E-state index contributed by atoms with van der Waals surface area (Å²) >= 11 is 5.97. The van der Waals surface area contributed by atoms with Gasteiger partial charge in [-0.1, -0.05) is 54.1 Å². The molecule has 0 aliphatic rings. The third-order valence-electron chi connectivity index (χ3n) is 4.59. The largest absolute Gasteiger partial charge is 0.382 e. The molecule has 5 nitrogen and oxygen atoms in total. The highest BCUT2D eigenvalue weighted by molar-refractivity contribution is 6.30. The van der Waals surface area contributed by atoms with Crippen LogP contribution in [0, 0.1) is 0 Å². The lowest BCUT2D eigenvalue weighted by atomic mass is 10.0. The van der Waals surface area contributed by atoms with E-state index < -0.39 is 6.04 Å². The monoisotopic (exact) mass is 416 g/mol. The number of rotatable bonds is 11. The van der Waals surface area contributed by atoms with E-state index in [1.807, 2.05) is 49.4 Å². The zero-order valence-corrected chi connectivity index (χ0v) is 17.8. The fourth-order valence-corrected chi connectivity index (χ4v) is 3.18. The van der Waals surface area contributed by atoms with Crippen molar-refractivity contribution in [3.05, 3.63) is 70.7 Å². The second kappa shape index (κ2) is 12.2. The predicted molar refractivity (Wildman–Crippen MR) is 116 cm³/mol. The summed E-state index contributed by atoms with van der Waals surface area (Å²) in [6.45, 7) is 5.55. The van der Waals surface area contributed by atoms with Crippen LogP contribution in [0.15, 0.2) is 54.6 Å². The van der Waals surface area contributed by atoms with E-state index >= 15 is 0 Å². The lowest BCUT2D eigenvalue weighted by molar-refractivity contribution is -0.139. The highest BCUT2D eigenvalue weighted by Gasteiger charge is 2.28. The quantitative estimate of drug-likeness (QED) is 0.566. The fourth-order valence-electron chi connectivity index (χ4n) is 3.06. The number of carbonyl (C=O) groups is 2. The first kappa shape index (κ1) is 22.9. The maximum absolute atomic E-state index is 13.0. The van der Waals surface area contributed by atoms with Gasteiger partial charge < -0.3 is 15.0 Å². The number of nitrogens with one attached hydrogen (secondary N) is 1. The highest BCUT2D eigenvalue weighted by Crippen LogP contribution is 2.16. The summed E-state index contributed by atoms with van der Waals surface area (Å²) in [6, 6.07) is 16.5. The smallest absolute Gasteiger partial charge is 0.243 e. The number of halogens is 1. The Morgan fingerprint density at radius 2 is 1.76 bits per heavy atom. The molecule has 2 amide bonds. The molecule has 0 heterocycles. The van der Waals surface area contributed by atoms with Crippen LogP contribution in [0.2, 0.25) is 5.02 Å². The zero-order valence-electron chi connectivity index (χ0n) is 17.1. The lowest BCUT2D eigenvalue weighted by Crippen LogP contribution is -2.50. The Kier molecular flexibility index (Phi) is 9.68. The zero-order chi connectivity index (χ0) is 21.1. The first-order chi connectivity index (χ1) is 14.0. The van der Waals surface area contributed by atoms with Crippen molar-refractivity contribution in [1.29, 1.82) is 0 Å². The van der Waals surface area contributed by atoms with Gasteiger partial charge in [0, 0.05) is 44.7 Å². The predicted octanol–water partition coefficient (Wildman–Crippen LogP) is 3.84. The van der Waals surface area contributed by atoms with Gasteiger partial charge in [-0.05, 0) is 36.6 Å². The maximum Gasteiger partial charge on any atom is 0.243 e. The van der Waals surface area contributed by atoms with Gasteiger partial charge >= 0.3 is 0 Å². The lowest BCUT2D eigenvalue weighted by Gasteiger charge is -2.30. The van der Waals surface area contributed by atoms with E-state index in [2.05, 4.69) is 5.32 Å². The van der Waals surface area contributed by atoms with Gasteiger partial charge in [-0.2, -0.15) is 0 Å². The summed E-state index contributed by atoms with van der Waals surface area (Å²) < 4.78 is 5.32. The molecule has 2 aromatic carbocycles. The van der Waals surface area contributed by atoms with E-state index in [1.165, 1.54) is 6.92 Å². The van der Waals surface area contributed by atoms with Crippen LogP contribution in [0.4, 0.5) is 0 Å². The molecule has 2 aromatic rings. The first-order valence-corrected chi connectivity index (χ1v) is 10.3. The molecule has 0 aromatic heterocycles. The summed E-state index contributed by atoms with van der Waals surface area (Å²) in [7, 11) is 0. The summed E-state index contributed by atoms with van der Waals surface area (Å²) in [5.41, 5.74) is 1.93. The van der Waals surface area contributed by atoms with E-state index in [4.69, 9.17) is 16.3 Å². The summed E-state index contributed by atoms with van der Waals surface area (Å²) in [4.78, 5) is 27.1. The number of hydrogen-bond acceptors (Lipinski definition) is 3. The van der Waals surface area contributed by atoms with E-state index in [1.54, 1.807) is 17.0 Å². The molecule has 0 aliphatic carbocycles. The molecule has 1 N–H and O–H groups in total. The standard InChI is InChI=1S/C23H29ClN2O3/c1-3-29-15-7-14-25-23(28)22(16-19-8-5-4-6-9-19)26(18(2)27)17-20-10-12-21(24)13-11-20/h4-6,8-13,22H,3,7,14-17H2,1-2H3,(H,25,28)/t22-/m0/s1. The van der Waals surface area contributed by atoms with Crippen LogP contribution in [0.25, 0.3) is 0 Å². The Balaban J connectivity index is 2.16. The average molecular weight is 417 g/mol. The number of nitrogens with zero attached hydrogens (tertiary/aromatic N) is 1. The molecule has 0 bridgehead atoms. The second-order valence-electron chi connectivity index (χ2n) is 6.82. The van der Waals surface area contributed by atoms with Crippen molar-refractivity contribution in [1.82, 2.24) is 10.2 Å². The molecule has 0 spiro atoms. The molecule has 0 saturated heterocycles. The molecule has 0 aliphatic heterocycles. The molecule has 0 saturated carbocycles. The van der Waals surface area contributed by atoms with Crippen molar-refractivity contribution in [3.8, 4) is 0 Å². The van der Waals surface area contributed by atoms with E-state index in [-0.39, 0.29) is 11.8 Å². The van der Waals surface area contributed by atoms with Crippen LogP contribution >= 0.6 is 11.6 Å².